The van der Waals surface area contributed by atoms with E-state index in [4.69, 9.17) is 9.47 Å². The standard InChI is InChI=1S/C26H33N3O7S/c1-19(2)11-7-4-5-10-14-24(30)27-18-20-15-16-22(23(17-20)34-3)35-25-26(29(31)36-28-25)37(32,33)21-12-8-6-9-13-21/h6,8-9,12-13,15-17,19H,4-5,7,10-11,14,18H2,1-3H3,(H,27,30). The Kier molecular flexibility index (Phi) is 9.90. The van der Waals surface area contributed by atoms with Crippen molar-refractivity contribution in [3.63, 3.8) is 0 Å². The smallest absolute Gasteiger partial charge is 0.420 e. The molecule has 0 bridgehead atoms. The van der Waals surface area contributed by atoms with Crippen LogP contribution in [-0.2, 0) is 21.2 Å². The predicted molar refractivity (Wildman–Crippen MR) is 135 cm³/mol. The first-order valence-corrected chi connectivity index (χ1v) is 13.7. The van der Waals surface area contributed by atoms with Crippen LogP contribution in [0.4, 0.5) is 0 Å². The van der Waals surface area contributed by atoms with Crippen LogP contribution in [0.2, 0.25) is 0 Å². The molecule has 11 heteroatoms. The van der Waals surface area contributed by atoms with Gasteiger partial charge in [0, 0.05) is 13.0 Å². The summed E-state index contributed by atoms with van der Waals surface area (Å²) >= 11 is 0. The second kappa shape index (κ2) is 13.1. The Morgan fingerprint density at radius 2 is 1.81 bits per heavy atom. The molecule has 200 valence electrons. The summed E-state index contributed by atoms with van der Waals surface area (Å²) in [6.07, 6.45) is 5.90. The number of nitrogens with one attached hydrogen (secondary N) is 1. The molecule has 0 fully saturated rings. The van der Waals surface area contributed by atoms with Gasteiger partial charge in [-0.3, -0.25) is 9.42 Å². The third-order valence-corrected chi connectivity index (χ3v) is 7.44. The fourth-order valence-corrected chi connectivity index (χ4v) is 4.98. The average molecular weight is 532 g/mol. The van der Waals surface area contributed by atoms with Crippen molar-refractivity contribution in [2.45, 2.75) is 68.8 Å². The van der Waals surface area contributed by atoms with Gasteiger partial charge in [0.15, 0.2) is 11.5 Å². The summed E-state index contributed by atoms with van der Waals surface area (Å²) in [5, 5.41) is 17.7. The summed E-state index contributed by atoms with van der Waals surface area (Å²) in [7, 11) is -2.84. The molecule has 2 aromatic carbocycles. The third kappa shape index (κ3) is 7.69. The number of rotatable bonds is 14. The number of unbranched alkanes of at least 4 members (excludes halogenated alkanes) is 3. The van der Waals surface area contributed by atoms with Gasteiger partial charge in [0.25, 0.3) is 9.84 Å². The van der Waals surface area contributed by atoms with Gasteiger partial charge in [0.1, 0.15) is 0 Å². The molecule has 0 aliphatic carbocycles. The zero-order valence-corrected chi connectivity index (χ0v) is 22.1. The van der Waals surface area contributed by atoms with Crippen molar-refractivity contribution in [3.05, 3.63) is 59.3 Å². The molecular formula is C26H33N3O7S. The molecule has 1 heterocycles. The molecular weight excluding hydrogens is 498 g/mol. The summed E-state index contributed by atoms with van der Waals surface area (Å²) < 4.78 is 41.4. The minimum absolute atomic E-state index is 0.0264. The number of carbonyl (C=O) groups excluding carboxylic acids is 1. The molecule has 0 saturated carbocycles. The van der Waals surface area contributed by atoms with Crippen LogP contribution >= 0.6 is 0 Å². The number of nitrogens with zero attached hydrogens (tertiary/aromatic N) is 2. The molecule has 1 amide bonds. The second-order valence-corrected chi connectivity index (χ2v) is 10.9. The van der Waals surface area contributed by atoms with E-state index in [9.17, 15) is 18.4 Å². The first kappa shape index (κ1) is 28.0. The van der Waals surface area contributed by atoms with Crippen molar-refractivity contribution in [3.8, 4) is 17.4 Å². The molecule has 1 aromatic heterocycles. The molecule has 0 aliphatic heterocycles. The molecule has 0 atom stereocenters. The SMILES string of the molecule is COc1cc(CNC(=O)CCCCCCC(C)C)ccc1Oc1no[n+]([O-])c1S(=O)(=O)c1ccccc1. The maximum atomic E-state index is 13.0. The highest BCUT2D eigenvalue weighted by molar-refractivity contribution is 7.91. The monoisotopic (exact) mass is 531 g/mol. The highest BCUT2D eigenvalue weighted by Gasteiger charge is 2.36. The fourth-order valence-electron chi connectivity index (χ4n) is 3.71. The van der Waals surface area contributed by atoms with Gasteiger partial charge in [-0.15, -0.1) is 0 Å². The lowest BCUT2D eigenvalue weighted by Gasteiger charge is -2.11. The van der Waals surface area contributed by atoms with Crippen LogP contribution < -0.4 is 19.7 Å². The van der Waals surface area contributed by atoms with E-state index in [1.165, 1.54) is 50.3 Å². The molecule has 0 radical (unpaired) electrons. The van der Waals surface area contributed by atoms with Gasteiger partial charge in [0.05, 0.1) is 17.2 Å². The fraction of sp³-hybridized carbons (Fsp3) is 0.423. The van der Waals surface area contributed by atoms with Crippen molar-refractivity contribution in [1.29, 1.82) is 0 Å². The first-order valence-electron chi connectivity index (χ1n) is 12.2. The molecule has 0 unspecified atom stereocenters. The Bertz CT molecular complexity index is 1270. The number of amides is 1. The van der Waals surface area contributed by atoms with E-state index in [0.717, 1.165) is 24.8 Å². The summed E-state index contributed by atoms with van der Waals surface area (Å²) in [5.41, 5.74) is 0.755. The van der Waals surface area contributed by atoms with Crippen LogP contribution in [0.5, 0.6) is 17.4 Å². The Labute approximate surface area is 217 Å². The van der Waals surface area contributed by atoms with Gasteiger partial charge in [-0.25, -0.2) is 8.42 Å². The highest BCUT2D eigenvalue weighted by Crippen LogP contribution is 2.34. The van der Waals surface area contributed by atoms with Crippen molar-refractivity contribution < 1.29 is 32.2 Å². The van der Waals surface area contributed by atoms with E-state index in [1.807, 2.05) is 0 Å². The Balaban J connectivity index is 1.62. The Morgan fingerprint density at radius 3 is 2.51 bits per heavy atom. The number of carbonyl (C=O) groups is 1. The minimum Gasteiger partial charge on any atom is -0.493 e. The summed E-state index contributed by atoms with van der Waals surface area (Å²) in [6, 6.07) is 12.3. The average Bonchev–Trinajstić information content (AvgIpc) is 3.26. The summed E-state index contributed by atoms with van der Waals surface area (Å²) in [6.45, 7) is 4.72. The van der Waals surface area contributed by atoms with E-state index >= 15 is 0 Å². The molecule has 1 N–H and O–H groups in total. The van der Waals surface area contributed by atoms with E-state index in [0.29, 0.717) is 18.9 Å². The van der Waals surface area contributed by atoms with Gasteiger partial charge in [-0.2, -0.15) is 0 Å². The molecule has 37 heavy (non-hydrogen) atoms. The van der Waals surface area contributed by atoms with Crippen molar-refractivity contribution in [2.75, 3.05) is 7.11 Å². The number of ether oxygens (including phenoxy) is 2. The van der Waals surface area contributed by atoms with Gasteiger partial charge in [-0.05, 0) is 47.1 Å². The van der Waals surface area contributed by atoms with Crippen LogP contribution in [0.1, 0.15) is 57.9 Å². The number of hydrogen-bond acceptors (Lipinski definition) is 8. The maximum absolute atomic E-state index is 13.0. The van der Waals surface area contributed by atoms with Crippen LogP contribution in [0.3, 0.4) is 0 Å². The summed E-state index contributed by atoms with van der Waals surface area (Å²) in [5.74, 6) is 0.548. The normalized spacial score (nSPS) is 11.5. The molecule has 3 aromatic rings. The Morgan fingerprint density at radius 1 is 1.08 bits per heavy atom. The maximum Gasteiger partial charge on any atom is 0.420 e. The number of sulfone groups is 1. The van der Waals surface area contributed by atoms with Crippen LogP contribution in [0.25, 0.3) is 0 Å². The lowest BCUT2D eigenvalue weighted by molar-refractivity contribution is -0.832. The largest absolute Gasteiger partial charge is 0.493 e. The zero-order chi connectivity index (χ0) is 26.8. The third-order valence-electron chi connectivity index (χ3n) is 5.71. The van der Waals surface area contributed by atoms with E-state index in [1.54, 1.807) is 18.2 Å². The van der Waals surface area contributed by atoms with Gasteiger partial charge < -0.3 is 20.0 Å². The topological polar surface area (TPSA) is 135 Å². The van der Waals surface area contributed by atoms with Crippen LogP contribution in [0, 0.1) is 11.1 Å². The molecule has 10 nitrogen and oxygen atoms in total. The quantitative estimate of drug-likeness (QED) is 0.236. The predicted octanol–water partition coefficient (Wildman–Crippen LogP) is 4.55. The van der Waals surface area contributed by atoms with E-state index < -0.39 is 20.7 Å². The minimum atomic E-state index is -4.26. The molecule has 3 rings (SSSR count). The zero-order valence-electron chi connectivity index (χ0n) is 21.3. The van der Waals surface area contributed by atoms with Gasteiger partial charge >= 0.3 is 10.9 Å². The summed E-state index contributed by atoms with van der Waals surface area (Å²) in [4.78, 5) is 11.9. The van der Waals surface area contributed by atoms with Crippen LogP contribution in [-0.4, -0.2) is 26.6 Å². The Hall–Kier alpha value is -3.60. The number of methoxy groups -OCH3 is 1. The second-order valence-electron chi connectivity index (χ2n) is 9.07. The lowest BCUT2D eigenvalue weighted by atomic mass is 10.0. The van der Waals surface area contributed by atoms with Crippen LogP contribution in [0.15, 0.2) is 63.1 Å². The molecule has 0 aliphatic rings. The van der Waals surface area contributed by atoms with Crippen molar-refractivity contribution >= 4 is 15.7 Å². The van der Waals surface area contributed by atoms with E-state index in [2.05, 4.69) is 28.9 Å². The van der Waals surface area contributed by atoms with Crippen molar-refractivity contribution in [2.24, 2.45) is 5.92 Å². The van der Waals surface area contributed by atoms with E-state index in [-0.39, 0.29) is 27.2 Å². The number of hydrogen-bond donors (Lipinski definition) is 1. The highest BCUT2D eigenvalue weighted by atomic mass is 32.2. The number of aromatic nitrogens is 2. The van der Waals surface area contributed by atoms with Gasteiger partial charge in [0.2, 0.25) is 5.91 Å². The first-order chi connectivity index (χ1) is 17.7. The number of benzene rings is 2. The van der Waals surface area contributed by atoms with Gasteiger partial charge in [-0.1, -0.05) is 63.8 Å². The molecule has 0 spiro atoms. The van der Waals surface area contributed by atoms with Crippen molar-refractivity contribution in [1.82, 2.24) is 10.5 Å². The lowest BCUT2D eigenvalue weighted by Crippen LogP contribution is -2.30. The molecule has 0 saturated heterocycles.